The van der Waals surface area contributed by atoms with E-state index in [0.29, 0.717) is 17.9 Å². The van der Waals surface area contributed by atoms with Crippen LogP contribution in [0.25, 0.3) is 0 Å². The Morgan fingerprint density at radius 2 is 1.96 bits per heavy atom. The van der Waals surface area contributed by atoms with E-state index in [1.54, 1.807) is 0 Å². The highest BCUT2D eigenvalue weighted by Crippen LogP contribution is 2.41. The third kappa shape index (κ3) is 4.24. The second kappa shape index (κ2) is 7.88. The fourth-order valence-electron chi connectivity index (χ4n) is 4.97. The molecule has 0 unspecified atom stereocenters. The van der Waals surface area contributed by atoms with Gasteiger partial charge in [0.2, 0.25) is 5.91 Å². The molecule has 1 aliphatic carbocycles. The minimum atomic E-state index is -0.168. The number of likely N-dealkylation sites (N-methyl/N-ethyl adjacent to an activating group) is 1. The van der Waals surface area contributed by atoms with E-state index >= 15 is 0 Å². The van der Waals surface area contributed by atoms with E-state index < -0.39 is 0 Å². The number of fused-ring (bicyclic) bond motifs is 1. The molecule has 2 aliphatic rings. The summed E-state index contributed by atoms with van der Waals surface area (Å²) in [4.78, 5) is 16.9. The van der Waals surface area contributed by atoms with Gasteiger partial charge in [0.05, 0.1) is 6.04 Å². The SMILES string of the molecule is CC(C)C[C@@H](C(N)=O)N(C)[C@H]1CC[C@H]2CN(Cc3ccccc3)C[C@H]21. The molecule has 1 saturated carbocycles. The fourth-order valence-corrected chi connectivity index (χ4v) is 4.97. The lowest BCUT2D eigenvalue weighted by Crippen LogP contribution is -2.50. The lowest BCUT2D eigenvalue weighted by Gasteiger charge is -2.35. The first kappa shape index (κ1) is 18.4. The molecule has 4 nitrogen and oxygen atoms in total. The van der Waals surface area contributed by atoms with Crippen LogP contribution in [0, 0.1) is 17.8 Å². The molecule has 4 atom stereocenters. The molecule has 0 spiro atoms. The van der Waals surface area contributed by atoms with Crippen molar-refractivity contribution in [1.29, 1.82) is 0 Å². The molecule has 1 aromatic carbocycles. The summed E-state index contributed by atoms with van der Waals surface area (Å²) in [7, 11) is 2.12. The molecule has 1 aromatic rings. The highest BCUT2D eigenvalue weighted by molar-refractivity contribution is 5.79. The van der Waals surface area contributed by atoms with Crippen LogP contribution in [-0.4, -0.2) is 47.9 Å². The molecular formula is C21H33N3O. The number of hydrogen-bond donors (Lipinski definition) is 1. The summed E-state index contributed by atoms with van der Waals surface area (Å²) in [6.07, 6.45) is 3.33. The van der Waals surface area contributed by atoms with E-state index in [2.05, 4.69) is 61.0 Å². The molecule has 2 N–H and O–H groups in total. The van der Waals surface area contributed by atoms with Gasteiger partial charge in [-0.25, -0.2) is 0 Å². The van der Waals surface area contributed by atoms with Gasteiger partial charge >= 0.3 is 0 Å². The summed E-state index contributed by atoms with van der Waals surface area (Å²) in [6, 6.07) is 11.1. The molecule has 4 heteroatoms. The zero-order valence-electron chi connectivity index (χ0n) is 15.9. The third-order valence-electron chi connectivity index (χ3n) is 6.18. The molecule has 2 fully saturated rings. The number of amides is 1. The number of carbonyl (C=O) groups is 1. The zero-order valence-corrected chi connectivity index (χ0v) is 15.9. The van der Waals surface area contributed by atoms with Gasteiger partial charge in [0.1, 0.15) is 0 Å². The molecule has 1 aliphatic heterocycles. The van der Waals surface area contributed by atoms with Crippen molar-refractivity contribution in [1.82, 2.24) is 9.80 Å². The Labute approximate surface area is 152 Å². The van der Waals surface area contributed by atoms with E-state index in [9.17, 15) is 4.79 Å². The van der Waals surface area contributed by atoms with Gasteiger partial charge < -0.3 is 5.73 Å². The van der Waals surface area contributed by atoms with Crippen LogP contribution in [0.3, 0.4) is 0 Å². The van der Waals surface area contributed by atoms with Crippen molar-refractivity contribution < 1.29 is 4.79 Å². The lowest BCUT2D eigenvalue weighted by molar-refractivity contribution is -0.124. The number of benzene rings is 1. The van der Waals surface area contributed by atoms with E-state index in [-0.39, 0.29) is 11.9 Å². The van der Waals surface area contributed by atoms with Crippen molar-refractivity contribution >= 4 is 5.91 Å². The molecule has 0 bridgehead atoms. The van der Waals surface area contributed by atoms with Crippen LogP contribution in [-0.2, 0) is 11.3 Å². The maximum absolute atomic E-state index is 12.0. The van der Waals surface area contributed by atoms with Gasteiger partial charge in [-0.05, 0) is 49.6 Å². The third-order valence-corrected chi connectivity index (χ3v) is 6.18. The van der Waals surface area contributed by atoms with Crippen molar-refractivity contribution in [2.75, 3.05) is 20.1 Å². The average Bonchev–Trinajstić information content (AvgIpc) is 3.12. The summed E-state index contributed by atoms with van der Waals surface area (Å²) in [5.74, 6) is 1.75. The van der Waals surface area contributed by atoms with Gasteiger partial charge in [0.25, 0.3) is 0 Å². The second-order valence-corrected chi connectivity index (χ2v) is 8.46. The van der Waals surface area contributed by atoms with Crippen LogP contribution >= 0.6 is 0 Å². The Morgan fingerprint density at radius 3 is 2.60 bits per heavy atom. The summed E-state index contributed by atoms with van der Waals surface area (Å²) in [5.41, 5.74) is 7.12. The van der Waals surface area contributed by atoms with E-state index in [4.69, 9.17) is 5.73 Å². The van der Waals surface area contributed by atoms with Gasteiger partial charge in [0.15, 0.2) is 0 Å². The van der Waals surface area contributed by atoms with Gasteiger partial charge in [-0.3, -0.25) is 14.6 Å². The van der Waals surface area contributed by atoms with Crippen molar-refractivity contribution in [3.63, 3.8) is 0 Å². The van der Waals surface area contributed by atoms with Crippen molar-refractivity contribution in [2.45, 2.75) is 51.7 Å². The Balaban J connectivity index is 1.64. The van der Waals surface area contributed by atoms with Gasteiger partial charge in [-0.1, -0.05) is 44.2 Å². The Morgan fingerprint density at radius 1 is 1.24 bits per heavy atom. The van der Waals surface area contributed by atoms with Crippen molar-refractivity contribution in [3.8, 4) is 0 Å². The van der Waals surface area contributed by atoms with Crippen LogP contribution in [0.5, 0.6) is 0 Å². The van der Waals surface area contributed by atoms with Gasteiger partial charge in [0, 0.05) is 25.7 Å². The predicted octanol–water partition coefficient (Wildman–Crippen LogP) is 2.73. The number of primary amides is 1. The van der Waals surface area contributed by atoms with Gasteiger partial charge in [-0.15, -0.1) is 0 Å². The first-order valence-corrected chi connectivity index (χ1v) is 9.73. The Kier molecular flexibility index (Phi) is 5.80. The predicted molar refractivity (Wildman–Crippen MR) is 102 cm³/mol. The summed E-state index contributed by atoms with van der Waals surface area (Å²) < 4.78 is 0. The molecular weight excluding hydrogens is 310 g/mol. The molecule has 0 aromatic heterocycles. The topological polar surface area (TPSA) is 49.6 Å². The molecule has 1 heterocycles. The van der Waals surface area contributed by atoms with Crippen LogP contribution < -0.4 is 5.73 Å². The number of nitrogens with two attached hydrogens (primary N) is 1. The van der Waals surface area contributed by atoms with Crippen LogP contribution in [0.1, 0.15) is 38.7 Å². The normalized spacial score (nSPS) is 27.8. The summed E-state index contributed by atoms with van der Waals surface area (Å²) in [5, 5.41) is 0. The van der Waals surface area contributed by atoms with Crippen molar-refractivity contribution in [2.24, 2.45) is 23.5 Å². The monoisotopic (exact) mass is 343 g/mol. The standard InChI is InChI=1S/C21H33N3O/c1-15(2)11-20(21(22)25)23(3)19-10-9-17-13-24(14-18(17)19)12-16-7-5-4-6-8-16/h4-8,15,17-20H,9-14H2,1-3H3,(H2,22,25)/t17-,18+,19-,20-/m0/s1. The van der Waals surface area contributed by atoms with Gasteiger partial charge in [-0.2, -0.15) is 0 Å². The number of nitrogens with zero attached hydrogens (tertiary/aromatic N) is 2. The minimum Gasteiger partial charge on any atom is -0.368 e. The average molecular weight is 344 g/mol. The maximum Gasteiger partial charge on any atom is 0.234 e. The highest BCUT2D eigenvalue weighted by atomic mass is 16.1. The van der Waals surface area contributed by atoms with Crippen LogP contribution in [0.4, 0.5) is 0 Å². The maximum atomic E-state index is 12.0. The summed E-state index contributed by atoms with van der Waals surface area (Å²) in [6.45, 7) is 7.70. The number of hydrogen-bond acceptors (Lipinski definition) is 3. The van der Waals surface area contributed by atoms with E-state index in [0.717, 1.165) is 25.4 Å². The molecule has 3 rings (SSSR count). The first-order valence-electron chi connectivity index (χ1n) is 9.73. The number of carbonyl (C=O) groups excluding carboxylic acids is 1. The minimum absolute atomic E-state index is 0.132. The quantitative estimate of drug-likeness (QED) is 0.828. The molecule has 25 heavy (non-hydrogen) atoms. The largest absolute Gasteiger partial charge is 0.368 e. The molecule has 138 valence electrons. The Bertz CT molecular complexity index is 574. The fraction of sp³-hybridized carbons (Fsp3) is 0.667. The van der Waals surface area contributed by atoms with Crippen molar-refractivity contribution in [3.05, 3.63) is 35.9 Å². The zero-order chi connectivity index (χ0) is 18.0. The van der Waals surface area contributed by atoms with E-state index in [1.165, 1.54) is 24.9 Å². The molecule has 1 saturated heterocycles. The Hall–Kier alpha value is -1.39. The second-order valence-electron chi connectivity index (χ2n) is 8.46. The van der Waals surface area contributed by atoms with Crippen LogP contribution in [0.15, 0.2) is 30.3 Å². The lowest BCUT2D eigenvalue weighted by atomic mass is 9.94. The summed E-state index contributed by atoms with van der Waals surface area (Å²) >= 11 is 0. The smallest absolute Gasteiger partial charge is 0.234 e. The molecule has 0 radical (unpaired) electrons. The molecule has 1 amide bonds. The van der Waals surface area contributed by atoms with Crippen LogP contribution in [0.2, 0.25) is 0 Å². The number of rotatable bonds is 7. The van der Waals surface area contributed by atoms with E-state index in [1.807, 2.05) is 0 Å². The first-order chi connectivity index (χ1) is 12.0. The highest BCUT2D eigenvalue weighted by Gasteiger charge is 2.45. The number of likely N-dealkylation sites (tertiary alicyclic amines) is 1.